The number of hydrogen-bond acceptors (Lipinski definition) is 3. The van der Waals surface area contributed by atoms with Crippen LogP contribution in [0.25, 0.3) is 0 Å². The number of piperidine rings is 1. The molecule has 1 atom stereocenters. The van der Waals surface area contributed by atoms with E-state index in [9.17, 15) is 0 Å². The molecule has 1 unspecified atom stereocenters. The average molecular weight is 209 g/mol. The number of nitrogens with one attached hydrogen (secondary N) is 1. The van der Waals surface area contributed by atoms with Gasteiger partial charge in [-0.3, -0.25) is 4.90 Å². The molecule has 86 valence electrons. The molecule has 15 heavy (non-hydrogen) atoms. The second-order valence-electron chi connectivity index (χ2n) is 5.53. The molecule has 0 aromatic carbocycles. The predicted octanol–water partition coefficient (Wildman–Crippen LogP) is 1.61. The normalized spacial score (nSPS) is 23.7. The lowest BCUT2D eigenvalue weighted by molar-refractivity contribution is 0.182. The first-order valence-corrected chi connectivity index (χ1v) is 5.85. The van der Waals surface area contributed by atoms with Gasteiger partial charge in [0.25, 0.3) is 0 Å². The van der Waals surface area contributed by atoms with Gasteiger partial charge in [0.2, 0.25) is 0 Å². The molecule has 1 saturated heterocycles. The quantitative estimate of drug-likeness (QED) is 0.718. The molecule has 0 aromatic heterocycles. The fourth-order valence-electron chi connectivity index (χ4n) is 2.01. The van der Waals surface area contributed by atoms with Gasteiger partial charge in [-0.25, -0.2) is 0 Å². The van der Waals surface area contributed by atoms with Crippen LogP contribution in [0.5, 0.6) is 0 Å². The lowest BCUT2D eigenvalue weighted by Crippen LogP contribution is -2.44. The van der Waals surface area contributed by atoms with Gasteiger partial charge in [0, 0.05) is 12.1 Å². The molecule has 3 nitrogen and oxygen atoms in total. The van der Waals surface area contributed by atoms with Crippen molar-refractivity contribution in [3.05, 3.63) is 0 Å². The van der Waals surface area contributed by atoms with Gasteiger partial charge in [-0.05, 0) is 52.6 Å². The molecule has 0 amide bonds. The summed E-state index contributed by atoms with van der Waals surface area (Å²) < 4.78 is 0. The van der Waals surface area contributed by atoms with Crippen molar-refractivity contribution in [1.82, 2.24) is 10.2 Å². The van der Waals surface area contributed by atoms with Crippen molar-refractivity contribution in [3.63, 3.8) is 0 Å². The van der Waals surface area contributed by atoms with Crippen molar-refractivity contribution in [2.24, 2.45) is 5.92 Å². The average Bonchev–Trinajstić information content (AvgIpc) is 2.15. The van der Waals surface area contributed by atoms with E-state index in [2.05, 4.69) is 37.1 Å². The first-order chi connectivity index (χ1) is 7.01. The first-order valence-electron chi connectivity index (χ1n) is 5.85. The highest BCUT2D eigenvalue weighted by atomic mass is 15.1. The number of hydrogen-bond donors (Lipinski definition) is 1. The Morgan fingerprint density at radius 3 is 2.80 bits per heavy atom. The highest BCUT2D eigenvalue weighted by Crippen LogP contribution is 2.16. The molecule has 1 fully saturated rings. The minimum atomic E-state index is 0.206. The van der Waals surface area contributed by atoms with Crippen LogP contribution in [0.1, 0.15) is 33.6 Å². The SMILES string of the molecule is CC(C)(C)NCC1CCCN(CC#N)C1. The predicted molar refractivity (Wildman–Crippen MR) is 62.5 cm³/mol. The maximum Gasteiger partial charge on any atom is 0.0866 e. The van der Waals surface area contributed by atoms with E-state index in [4.69, 9.17) is 5.26 Å². The molecule has 1 N–H and O–H groups in total. The Balaban J connectivity index is 2.28. The monoisotopic (exact) mass is 209 g/mol. The number of rotatable bonds is 3. The number of likely N-dealkylation sites (tertiary alicyclic amines) is 1. The summed E-state index contributed by atoms with van der Waals surface area (Å²) in [5.41, 5.74) is 0.206. The zero-order chi connectivity index (χ0) is 11.3. The van der Waals surface area contributed by atoms with Gasteiger partial charge in [-0.1, -0.05) is 0 Å². The van der Waals surface area contributed by atoms with Crippen molar-refractivity contribution in [3.8, 4) is 6.07 Å². The summed E-state index contributed by atoms with van der Waals surface area (Å²) in [7, 11) is 0. The van der Waals surface area contributed by atoms with Crippen LogP contribution in [0, 0.1) is 17.2 Å². The Morgan fingerprint density at radius 2 is 2.20 bits per heavy atom. The lowest BCUT2D eigenvalue weighted by Gasteiger charge is -2.33. The van der Waals surface area contributed by atoms with Gasteiger partial charge < -0.3 is 5.32 Å². The zero-order valence-corrected chi connectivity index (χ0v) is 10.2. The smallest absolute Gasteiger partial charge is 0.0866 e. The van der Waals surface area contributed by atoms with Crippen molar-refractivity contribution >= 4 is 0 Å². The molecule has 0 bridgehead atoms. The maximum atomic E-state index is 8.66. The molecule has 0 aromatic rings. The third kappa shape index (κ3) is 5.15. The van der Waals surface area contributed by atoms with Gasteiger partial charge in [-0.2, -0.15) is 5.26 Å². The molecule has 1 aliphatic heterocycles. The fraction of sp³-hybridized carbons (Fsp3) is 0.917. The standard InChI is InChI=1S/C12H23N3/c1-12(2,3)14-9-11-5-4-7-15(10-11)8-6-13/h11,14H,4-5,7-10H2,1-3H3. The molecule has 0 saturated carbocycles. The van der Waals surface area contributed by atoms with Crippen molar-refractivity contribution in [2.75, 3.05) is 26.2 Å². The summed E-state index contributed by atoms with van der Waals surface area (Å²) in [5.74, 6) is 0.714. The number of nitrogens with zero attached hydrogens (tertiary/aromatic N) is 2. The highest BCUT2D eigenvalue weighted by molar-refractivity contribution is 4.83. The summed E-state index contributed by atoms with van der Waals surface area (Å²) >= 11 is 0. The Hall–Kier alpha value is -0.590. The number of nitriles is 1. The van der Waals surface area contributed by atoms with E-state index in [0.29, 0.717) is 12.5 Å². The van der Waals surface area contributed by atoms with Crippen LogP contribution >= 0.6 is 0 Å². The van der Waals surface area contributed by atoms with Crippen LogP contribution < -0.4 is 5.32 Å². The van der Waals surface area contributed by atoms with Crippen LogP contribution in [-0.2, 0) is 0 Å². The summed E-state index contributed by atoms with van der Waals surface area (Å²) in [5, 5.41) is 12.2. The molecular formula is C12H23N3. The molecule has 0 radical (unpaired) electrons. The topological polar surface area (TPSA) is 39.1 Å². The maximum absolute atomic E-state index is 8.66. The van der Waals surface area contributed by atoms with Gasteiger partial charge in [0.1, 0.15) is 0 Å². The molecule has 0 spiro atoms. The van der Waals surface area contributed by atoms with Gasteiger partial charge in [0.05, 0.1) is 12.6 Å². The molecule has 0 aliphatic carbocycles. The van der Waals surface area contributed by atoms with E-state index < -0.39 is 0 Å². The second kappa shape index (κ2) is 5.48. The van der Waals surface area contributed by atoms with E-state index in [0.717, 1.165) is 19.6 Å². The van der Waals surface area contributed by atoms with Crippen LogP contribution in [-0.4, -0.2) is 36.6 Å². The van der Waals surface area contributed by atoms with Crippen LogP contribution in [0.3, 0.4) is 0 Å². The Morgan fingerprint density at radius 1 is 1.47 bits per heavy atom. The molecule has 3 heteroatoms. The highest BCUT2D eigenvalue weighted by Gasteiger charge is 2.20. The third-order valence-corrected chi connectivity index (χ3v) is 2.82. The summed E-state index contributed by atoms with van der Waals surface area (Å²) in [6, 6.07) is 2.24. The van der Waals surface area contributed by atoms with E-state index in [1.165, 1.54) is 12.8 Å². The zero-order valence-electron chi connectivity index (χ0n) is 10.2. The second-order valence-corrected chi connectivity index (χ2v) is 5.53. The largest absolute Gasteiger partial charge is 0.312 e. The Labute approximate surface area is 93.5 Å². The van der Waals surface area contributed by atoms with Crippen LogP contribution in [0.4, 0.5) is 0 Å². The van der Waals surface area contributed by atoms with E-state index >= 15 is 0 Å². The van der Waals surface area contributed by atoms with Gasteiger partial charge >= 0.3 is 0 Å². The first kappa shape index (κ1) is 12.5. The molecule has 1 rings (SSSR count). The minimum absolute atomic E-state index is 0.206. The fourth-order valence-corrected chi connectivity index (χ4v) is 2.01. The molecule has 1 heterocycles. The van der Waals surface area contributed by atoms with Crippen molar-refractivity contribution in [2.45, 2.75) is 39.2 Å². The minimum Gasteiger partial charge on any atom is -0.312 e. The summed E-state index contributed by atoms with van der Waals surface area (Å²) in [6.07, 6.45) is 2.53. The van der Waals surface area contributed by atoms with E-state index in [1.54, 1.807) is 0 Å². The summed E-state index contributed by atoms with van der Waals surface area (Å²) in [4.78, 5) is 2.26. The Bertz CT molecular complexity index is 224. The van der Waals surface area contributed by atoms with Crippen LogP contribution in [0.15, 0.2) is 0 Å². The Kier molecular flexibility index (Phi) is 4.56. The summed E-state index contributed by atoms with van der Waals surface area (Å²) in [6.45, 7) is 10.4. The van der Waals surface area contributed by atoms with Gasteiger partial charge in [-0.15, -0.1) is 0 Å². The third-order valence-electron chi connectivity index (χ3n) is 2.82. The van der Waals surface area contributed by atoms with Crippen molar-refractivity contribution < 1.29 is 0 Å². The van der Waals surface area contributed by atoms with Crippen LogP contribution in [0.2, 0.25) is 0 Å². The molecule has 1 aliphatic rings. The van der Waals surface area contributed by atoms with Gasteiger partial charge in [0.15, 0.2) is 0 Å². The molecular weight excluding hydrogens is 186 g/mol. The van der Waals surface area contributed by atoms with E-state index in [1.807, 2.05) is 0 Å². The van der Waals surface area contributed by atoms with E-state index in [-0.39, 0.29) is 5.54 Å². The lowest BCUT2D eigenvalue weighted by atomic mass is 9.96. The van der Waals surface area contributed by atoms with Crippen molar-refractivity contribution in [1.29, 1.82) is 5.26 Å².